The first kappa shape index (κ1) is 30.5. The Balaban J connectivity index is 2.08. The number of carbonyl (C=O) groups excluding carboxylic acids is 2. The second-order valence-electron chi connectivity index (χ2n) is 11.5. The van der Waals surface area contributed by atoms with Gasteiger partial charge in [0.1, 0.15) is 17.0 Å². The zero-order valence-electron chi connectivity index (χ0n) is 25.1. The summed E-state index contributed by atoms with van der Waals surface area (Å²) >= 11 is 0. The molecule has 0 spiro atoms. The number of methoxy groups -OCH3 is 2. The van der Waals surface area contributed by atoms with E-state index in [1.54, 1.807) is 19.1 Å². The topological polar surface area (TPSA) is 73.2 Å². The molecule has 8 heteroatoms. The number of para-hydroxylation sites is 1. The summed E-state index contributed by atoms with van der Waals surface area (Å²) in [6, 6.07) is 5.81. The Kier molecular flexibility index (Phi) is 10.5. The van der Waals surface area contributed by atoms with Gasteiger partial charge in [-0.1, -0.05) is 24.3 Å². The maximum Gasteiger partial charge on any atom is 0.410 e. The second kappa shape index (κ2) is 13.4. The molecule has 8 nitrogen and oxygen atoms in total. The zero-order valence-corrected chi connectivity index (χ0v) is 25.1. The Morgan fingerprint density at radius 1 is 1.18 bits per heavy atom. The molecule has 216 valence electrons. The van der Waals surface area contributed by atoms with E-state index in [-0.39, 0.29) is 24.1 Å². The lowest BCUT2D eigenvalue weighted by molar-refractivity contribution is 0.00733. The molecule has 2 aromatic rings. The van der Waals surface area contributed by atoms with Crippen molar-refractivity contribution in [3.05, 3.63) is 35.5 Å². The molecule has 1 saturated heterocycles. The second-order valence-corrected chi connectivity index (χ2v) is 11.5. The average molecular weight is 542 g/mol. The van der Waals surface area contributed by atoms with Crippen LogP contribution in [0.3, 0.4) is 0 Å². The summed E-state index contributed by atoms with van der Waals surface area (Å²) in [7, 11) is 3.38. The standard InChI is InChI=1S/C31H47N3O5/c1-9-14-24-25-16-12-17-26(38-8)27(25)33(19-10-11-20-37-7)28(24)29(35)34(22(2)3)23-15-13-18-32(21-23)30(36)39-31(4,5)6/h9,12,14,16-17,22-23H,10-11,13,15,18-21H2,1-8H3/b14-9+/t23-/m1/s1. The Morgan fingerprint density at radius 3 is 2.54 bits per heavy atom. The van der Waals surface area contributed by atoms with Crippen molar-refractivity contribution in [3.8, 4) is 5.75 Å². The molecular weight excluding hydrogens is 494 g/mol. The fraction of sp³-hybridized carbons (Fsp3) is 0.613. The van der Waals surface area contributed by atoms with Crippen LogP contribution in [0, 0.1) is 0 Å². The van der Waals surface area contributed by atoms with Crippen LogP contribution < -0.4 is 4.74 Å². The van der Waals surface area contributed by atoms with Crippen LogP contribution in [0.1, 0.15) is 83.3 Å². The van der Waals surface area contributed by atoms with Crippen molar-refractivity contribution < 1.29 is 23.8 Å². The van der Waals surface area contributed by atoms with Gasteiger partial charge in [0, 0.05) is 50.3 Å². The maximum absolute atomic E-state index is 14.6. The third kappa shape index (κ3) is 7.15. The number of hydrogen-bond donors (Lipinski definition) is 0. The van der Waals surface area contributed by atoms with E-state index in [4.69, 9.17) is 14.2 Å². The van der Waals surface area contributed by atoms with Gasteiger partial charge in [0.2, 0.25) is 0 Å². The summed E-state index contributed by atoms with van der Waals surface area (Å²) in [5.41, 5.74) is 1.92. The molecule has 2 heterocycles. The molecule has 1 aromatic carbocycles. The quantitative estimate of drug-likeness (QED) is 0.327. The molecule has 1 aromatic heterocycles. The van der Waals surface area contributed by atoms with Crippen LogP contribution in [0.15, 0.2) is 24.3 Å². The highest BCUT2D eigenvalue weighted by molar-refractivity contribution is 6.07. The predicted octanol–water partition coefficient (Wildman–Crippen LogP) is 6.36. The molecule has 1 fully saturated rings. The van der Waals surface area contributed by atoms with Gasteiger partial charge >= 0.3 is 6.09 Å². The summed E-state index contributed by atoms with van der Waals surface area (Å²) in [5.74, 6) is 0.716. The number of hydrogen-bond acceptors (Lipinski definition) is 5. The first-order chi connectivity index (χ1) is 18.5. The predicted molar refractivity (Wildman–Crippen MR) is 156 cm³/mol. The van der Waals surface area contributed by atoms with Crippen molar-refractivity contribution in [1.29, 1.82) is 0 Å². The first-order valence-electron chi connectivity index (χ1n) is 14.1. The van der Waals surface area contributed by atoms with Crippen molar-refractivity contribution in [3.63, 3.8) is 0 Å². The molecule has 1 atom stereocenters. The number of fused-ring (bicyclic) bond motifs is 1. The van der Waals surface area contributed by atoms with Crippen LogP contribution in [0.2, 0.25) is 0 Å². The van der Waals surface area contributed by atoms with Crippen LogP contribution in [-0.2, 0) is 16.0 Å². The number of unbranched alkanes of at least 4 members (excludes halogenated alkanes) is 1. The number of rotatable bonds is 10. The highest BCUT2D eigenvalue weighted by atomic mass is 16.6. The molecule has 0 N–H and O–H groups in total. The molecular formula is C31H47N3O5. The summed E-state index contributed by atoms with van der Waals surface area (Å²) in [6.45, 7) is 14.1. The first-order valence-corrected chi connectivity index (χ1v) is 14.1. The number of ether oxygens (including phenoxy) is 3. The Morgan fingerprint density at radius 2 is 1.92 bits per heavy atom. The van der Waals surface area contributed by atoms with Gasteiger partial charge in [0.15, 0.2) is 0 Å². The van der Waals surface area contributed by atoms with E-state index >= 15 is 0 Å². The van der Waals surface area contributed by atoms with Crippen molar-refractivity contribution in [2.24, 2.45) is 0 Å². The highest BCUT2D eigenvalue weighted by Gasteiger charge is 2.36. The van der Waals surface area contributed by atoms with Gasteiger partial charge in [-0.15, -0.1) is 0 Å². The van der Waals surface area contributed by atoms with Crippen molar-refractivity contribution in [1.82, 2.24) is 14.4 Å². The summed E-state index contributed by atoms with van der Waals surface area (Å²) in [4.78, 5) is 31.3. The molecule has 0 radical (unpaired) electrons. The smallest absolute Gasteiger partial charge is 0.410 e. The van der Waals surface area contributed by atoms with Crippen molar-refractivity contribution in [2.75, 3.05) is 33.9 Å². The van der Waals surface area contributed by atoms with Crippen molar-refractivity contribution >= 4 is 29.0 Å². The van der Waals surface area contributed by atoms with Crippen LogP contribution >= 0.6 is 0 Å². The number of aryl methyl sites for hydroxylation is 1. The average Bonchev–Trinajstić information content (AvgIpc) is 3.19. The van der Waals surface area contributed by atoms with Gasteiger partial charge < -0.3 is 28.6 Å². The van der Waals surface area contributed by atoms with E-state index in [0.29, 0.717) is 31.9 Å². The van der Waals surface area contributed by atoms with E-state index in [2.05, 4.69) is 10.6 Å². The van der Waals surface area contributed by atoms with Gasteiger partial charge in [-0.25, -0.2) is 4.79 Å². The van der Waals surface area contributed by atoms with Gasteiger partial charge in [-0.3, -0.25) is 4.79 Å². The number of carbonyl (C=O) groups is 2. The molecule has 2 amide bonds. The number of allylic oxidation sites excluding steroid dienone is 1. The molecule has 39 heavy (non-hydrogen) atoms. The van der Waals surface area contributed by atoms with E-state index < -0.39 is 5.60 Å². The van der Waals surface area contributed by atoms with E-state index in [1.807, 2.05) is 70.7 Å². The van der Waals surface area contributed by atoms with Gasteiger partial charge in [-0.05, 0) is 73.3 Å². The number of piperidine rings is 1. The number of amides is 2. The number of likely N-dealkylation sites (tertiary alicyclic amines) is 1. The van der Waals surface area contributed by atoms with Gasteiger partial charge in [0.25, 0.3) is 5.91 Å². The highest BCUT2D eigenvalue weighted by Crippen LogP contribution is 2.36. The Bertz CT molecular complexity index is 1160. The minimum atomic E-state index is -0.568. The van der Waals surface area contributed by atoms with Crippen LogP contribution in [0.25, 0.3) is 17.0 Å². The van der Waals surface area contributed by atoms with Crippen LogP contribution in [0.5, 0.6) is 5.75 Å². The minimum absolute atomic E-state index is 0.0286. The SMILES string of the molecule is C/C=C/c1c(C(=O)N(C(C)C)[C@@H]2CCCN(C(=O)OC(C)(C)C)C2)n(CCCCOC)c2c(OC)cccc12. The molecule has 0 bridgehead atoms. The molecule has 0 aliphatic carbocycles. The maximum atomic E-state index is 14.6. The fourth-order valence-electron chi connectivity index (χ4n) is 5.49. The number of benzene rings is 1. The normalized spacial score (nSPS) is 16.3. The molecule has 0 saturated carbocycles. The van der Waals surface area contributed by atoms with Gasteiger partial charge in [0.05, 0.1) is 18.7 Å². The molecule has 3 rings (SSSR count). The monoisotopic (exact) mass is 541 g/mol. The molecule has 0 unspecified atom stereocenters. The van der Waals surface area contributed by atoms with E-state index in [1.165, 1.54) is 0 Å². The summed E-state index contributed by atoms with van der Waals surface area (Å²) in [6.07, 6.45) is 7.07. The summed E-state index contributed by atoms with van der Waals surface area (Å²) < 4.78 is 18.8. The Hall–Kier alpha value is -3.00. The lowest BCUT2D eigenvalue weighted by Gasteiger charge is -2.41. The van der Waals surface area contributed by atoms with Crippen LogP contribution in [0.4, 0.5) is 4.79 Å². The fourth-order valence-corrected chi connectivity index (χ4v) is 5.49. The largest absolute Gasteiger partial charge is 0.495 e. The lowest BCUT2D eigenvalue weighted by Crippen LogP contribution is -2.54. The number of nitrogens with zero attached hydrogens (tertiary/aromatic N) is 3. The third-order valence-corrected chi connectivity index (χ3v) is 7.05. The zero-order chi connectivity index (χ0) is 28.7. The molecule has 1 aliphatic rings. The lowest BCUT2D eigenvalue weighted by atomic mass is 10.0. The van der Waals surface area contributed by atoms with Gasteiger partial charge in [-0.2, -0.15) is 0 Å². The summed E-state index contributed by atoms with van der Waals surface area (Å²) in [5, 5.41) is 0.991. The van der Waals surface area contributed by atoms with E-state index in [9.17, 15) is 9.59 Å². The third-order valence-electron chi connectivity index (χ3n) is 7.05. The molecule has 1 aliphatic heterocycles. The Labute approximate surface area is 233 Å². The van der Waals surface area contributed by atoms with Crippen LogP contribution in [-0.4, -0.2) is 78.0 Å². The minimum Gasteiger partial charge on any atom is -0.495 e. The van der Waals surface area contributed by atoms with E-state index in [0.717, 1.165) is 47.9 Å². The number of aromatic nitrogens is 1. The van der Waals surface area contributed by atoms with Crippen molar-refractivity contribution in [2.45, 2.75) is 91.5 Å².